The topological polar surface area (TPSA) is 32.8 Å². The molecule has 2 aromatic carbocycles. The number of halogens is 3. The SMILES string of the molecule is CN(CC1CC(Oc2cccc(CN3CCCC3)c2Cl)C1)C(=O)c1cc(F)cc(F)c1. The van der Waals surface area contributed by atoms with Crippen molar-refractivity contribution < 1.29 is 18.3 Å². The second-order valence-electron chi connectivity index (χ2n) is 8.63. The quantitative estimate of drug-likeness (QED) is 0.587. The Kier molecular flexibility index (Phi) is 6.77. The van der Waals surface area contributed by atoms with Gasteiger partial charge in [-0.05, 0) is 68.5 Å². The van der Waals surface area contributed by atoms with Gasteiger partial charge in [0.05, 0.1) is 11.1 Å². The number of ether oxygens (including phenoxy) is 1. The standard InChI is InChI=1S/C24H27ClF2N2O2/c1-28(24(30)18-11-19(26)13-20(27)12-18)14-16-9-21(10-16)31-22-6-4-5-17(23(22)25)15-29-7-2-3-8-29/h4-6,11-13,16,21H,2-3,7-10,14-15H2,1H3. The molecule has 0 bridgehead atoms. The minimum atomic E-state index is -0.752. The summed E-state index contributed by atoms with van der Waals surface area (Å²) in [5, 5.41) is 0.679. The molecule has 0 spiro atoms. The van der Waals surface area contributed by atoms with Gasteiger partial charge >= 0.3 is 0 Å². The highest BCUT2D eigenvalue weighted by molar-refractivity contribution is 6.32. The highest BCUT2D eigenvalue weighted by Crippen LogP contribution is 2.36. The van der Waals surface area contributed by atoms with Crippen molar-refractivity contribution in [3.63, 3.8) is 0 Å². The first-order chi connectivity index (χ1) is 14.9. The largest absolute Gasteiger partial charge is 0.489 e. The van der Waals surface area contributed by atoms with Crippen LogP contribution in [0.2, 0.25) is 5.02 Å². The molecule has 4 rings (SSSR count). The number of nitrogens with zero attached hydrogens (tertiary/aromatic N) is 2. The third-order valence-corrected chi connectivity index (χ3v) is 6.54. The molecule has 1 aliphatic heterocycles. The Balaban J connectivity index is 1.28. The molecule has 0 atom stereocenters. The first-order valence-electron chi connectivity index (χ1n) is 10.8. The highest BCUT2D eigenvalue weighted by Gasteiger charge is 2.33. The number of hydrogen-bond donors (Lipinski definition) is 0. The van der Waals surface area contributed by atoms with E-state index in [4.69, 9.17) is 16.3 Å². The Labute approximate surface area is 186 Å². The van der Waals surface area contributed by atoms with Gasteiger partial charge in [-0.2, -0.15) is 0 Å². The van der Waals surface area contributed by atoms with Gasteiger partial charge in [0, 0.05) is 31.8 Å². The predicted octanol–water partition coefficient (Wildman–Crippen LogP) is 5.14. The Morgan fingerprint density at radius 2 is 1.84 bits per heavy atom. The van der Waals surface area contributed by atoms with E-state index in [2.05, 4.69) is 4.90 Å². The molecule has 1 saturated carbocycles. The van der Waals surface area contributed by atoms with Gasteiger partial charge in [-0.25, -0.2) is 8.78 Å². The van der Waals surface area contributed by atoms with Crippen molar-refractivity contribution in [1.82, 2.24) is 9.80 Å². The molecule has 0 unspecified atom stereocenters. The fourth-order valence-electron chi connectivity index (χ4n) is 4.42. The van der Waals surface area contributed by atoms with E-state index in [0.717, 1.165) is 56.2 Å². The Hall–Kier alpha value is -2.18. The lowest BCUT2D eigenvalue weighted by Crippen LogP contribution is -2.42. The number of rotatable bonds is 7. The molecular formula is C24H27ClF2N2O2. The Bertz CT molecular complexity index is 923. The highest BCUT2D eigenvalue weighted by atomic mass is 35.5. The van der Waals surface area contributed by atoms with E-state index >= 15 is 0 Å². The van der Waals surface area contributed by atoms with Gasteiger partial charge in [-0.15, -0.1) is 0 Å². The summed E-state index contributed by atoms with van der Waals surface area (Å²) in [5.41, 5.74) is 1.11. The maximum atomic E-state index is 13.4. The van der Waals surface area contributed by atoms with Crippen molar-refractivity contribution >= 4 is 17.5 Å². The summed E-state index contributed by atoms with van der Waals surface area (Å²) < 4.78 is 32.9. The first kappa shape index (κ1) is 22.0. The van der Waals surface area contributed by atoms with E-state index in [-0.39, 0.29) is 23.5 Å². The van der Waals surface area contributed by atoms with Gasteiger partial charge in [0.2, 0.25) is 0 Å². The minimum absolute atomic E-state index is 0.0220. The number of benzene rings is 2. The molecule has 1 saturated heterocycles. The van der Waals surface area contributed by atoms with Crippen LogP contribution in [-0.4, -0.2) is 48.5 Å². The molecule has 7 heteroatoms. The number of carbonyl (C=O) groups is 1. The second-order valence-corrected chi connectivity index (χ2v) is 9.01. The van der Waals surface area contributed by atoms with Crippen LogP contribution in [0.3, 0.4) is 0 Å². The molecule has 1 aliphatic carbocycles. The summed E-state index contributed by atoms with van der Waals surface area (Å²) in [6.07, 6.45) is 4.15. The van der Waals surface area contributed by atoms with Crippen molar-refractivity contribution in [3.8, 4) is 5.75 Å². The van der Waals surface area contributed by atoms with Crippen LogP contribution < -0.4 is 4.74 Å². The summed E-state index contributed by atoms with van der Waals surface area (Å²) in [7, 11) is 1.65. The van der Waals surface area contributed by atoms with E-state index in [1.54, 1.807) is 7.05 Å². The van der Waals surface area contributed by atoms with E-state index in [0.29, 0.717) is 17.3 Å². The summed E-state index contributed by atoms with van der Waals surface area (Å²) in [6.45, 7) is 3.58. The maximum absolute atomic E-state index is 13.4. The number of hydrogen-bond acceptors (Lipinski definition) is 3. The minimum Gasteiger partial charge on any atom is -0.489 e. The molecule has 0 radical (unpaired) electrons. The molecule has 31 heavy (non-hydrogen) atoms. The number of carbonyl (C=O) groups excluding carboxylic acids is 1. The summed E-state index contributed by atoms with van der Waals surface area (Å²) in [6, 6.07) is 8.81. The fraction of sp³-hybridized carbons (Fsp3) is 0.458. The van der Waals surface area contributed by atoms with Gasteiger partial charge in [-0.3, -0.25) is 9.69 Å². The van der Waals surface area contributed by atoms with Gasteiger partial charge < -0.3 is 9.64 Å². The van der Waals surface area contributed by atoms with E-state index in [1.165, 1.54) is 17.7 Å². The molecule has 1 heterocycles. The van der Waals surface area contributed by atoms with Crippen LogP contribution in [0.5, 0.6) is 5.75 Å². The predicted molar refractivity (Wildman–Crippen MR) is 116 cm³/mol. The normalized spacial score (nSPS) is 21.0. The van der Waals surface area contributed by atoms with Crippen molar-refractivity contribution in [2.75, 3.05) is 26.7 Å². The average molecular weight is 449 g/mol. The lowest BCUT2D eigenvalue weighted by Gasteiger charge is -2.37. The van der Waals surface area contributed by atoms with Gasteiger partial charge in [0.15, 0.2) is 0 Å². The lowest BCUT2D eigenvalue weighted by molar-refractivity contribution is 0.0419. The zero-order chi connectivity index (χ0) is 22.0. The lowest BCUT2D eigenvalue weighted by atomic mass is 9.82. The van der Waals surface area contributed by atoms with Crippen molar-refractivity contribution in [3.05, 3.63) is 64.2 Å². The molecule has 4 nitrogen and oxygen atoms in total. The maximum Gasteiger partial charge on any atom is 0.253 e. The Morgan fingerprint density at radius 3 is 2.52 bits per heavy atom. The first-order valence-corrected chi connectivity index (χ1v) is 11.1. The zero-order valence-corrected chi connectivity index (χ0v) is 18.4. The van der Waals surface area contributed by atoms with Crippen LogP contribution in [0.1, 0.15) is 41.6 Å². The zero-order valence-electron chi connectivity index (χ0n) is 17.6. The van der Waals surface area contributed by atoms with Crippen LogP contribution in [-0.2, 0) is 6.54 Å². The molecule has 2 aromatic rings. The molecule has 2 fully saturated rings. The molecular weight excluding hydrogens is 422 g/mol. The van der Waals surface area contributed by atoms with E-state index < -0.39 is 11.6 Å². The van der Waals surface area contributed by atoms with Gasteiger partial charge in [0.1, 0.15) is 17.4 Å². The number of likely N-dealkylation sites (tertiary alicyclic amines) is 1. The smallest absolute Gasteiger partial charge is 0.253 e. The van der Waals surface area contributed by atoms with Gasteiger partial charge in [0.25, 0.3) is 5.91 Å². The van der Waals surface area contributed by atoms with E-state index in [9.17, 15) is 13.6 Å². The van der Waals surface area contributed by atoms with Gasteiger partial charge in [-0.1, -0.05) is 23.7 Å². The molecule has 2 aliphatic rings. The molecule has 166 valence electrons. The van der Waals surface area contributed by atoms with Crippen LogP contribution in [0.25, 0.3) is 0 Å². The monoisotopic (exact) mass is 448 g/mol. The Morgan fingerprint density at radius 1 is 1.16 bits per heavy atom. The van der Waals surface area contributed by atoms with Crippen LogP contribution in [0, 0.1) is 17.6 Å². The summed E-state index contributed by atoms with van der Waals surface area (Å²) in [4.78, 5) is 16.4. The van der Waals surface area contributed by atoms with Crippen LogP contribution in [0.4, 0.5) is 8.78 Å². The summed E-state index contributed by atoms with van der Waals surface area (Å²) >= 11 is 6.60. The third kappa shape index (κ3) is 5.36. The third-order valence-electron chi connectivity index (χ3n) is 6.11. The second kappa shape index (κ2) is 9.53. The summed E-state index contributed by atoms with van der Waals surface area (Å²) in [5.74, 6) is -0.902. The van der Waals surface area contributed by atoms with Crippen molar-refractivity contribution in [1.29, 1.82) is 0 Å². The van der Waals surface area contributed by atoms with E-state index in [1.807, 2.05) is 18.2 Å². The van der Waals surface area contributed by atoms with Crippen LogP contribution in [0.15, 0.2) is 36.4 Å². The number of amides is 1. The average Bonchev–Trinajstić information content (AvgIpc) is 3.20. The van der Waals surface area contributed by atoms with Crippen LogP contribution >= 0.6 is 11.6 Å². The van der Waals surface area contributed by atoms with Crippen molar-refractivity contribution in [2.24, 2.45) is 5.92 Å². The van der Waals surface area contributed by atoms with Crippen molar-refractivity contribution in [2.45, 2.75) is 38.3 Å². The fourth-order valence-corrected chi connectivity index (χ4v) is 4.65. The molecule has 0 aromatic heterocycles. The molecule has 0 N–H and O–H groups in total. The molecule has 1 amide bonds.